The molecule has 0 radical (unpaired) electrons. The number of hydrogen-bond acceptors (Lipinski definition) is 15. The molecule has 17 N–H and O–H groups in total. The van der Waals surface area contributed by atoms with Gasteiger partial charge in [0.2, 0.25) is 53.2 Å². The maximum Gasteiger partial charge on any atom is 0.326 e. The number of aliphatic hydroxyl groups is 1. The highest BCUT2D eigenvalue weighted by molar-refractivity contribution is 7.98. The number of carbonyl (C=O) groups is 11. The fourth-order valence-corrected chi connectivity index (χ4v) is 6.85. The molecule has 0 spiro atoms. The number of fused-ring (bicyclic) bond motifs is 1. The minimum absolute atomic E-state index is 0.000385. The molecule has 0 aliphatic carbocycles. The maximum absolute atomic E-state index is 13.8. The molecular formula is C39H57N11O14S2. The Kier molecular flexibility index (Phi) is 22.9. The smallest absolute Gasteiger partial charge is 0.326 e. The number of nitrogens with one attached hydrogen (secondary N) is 8. The van der Waals surface area contributed by atoms with Crippen molar-refractivity contribution in [2.45, 2.75) is 94.3 Å². The number of H-pyrrole nitrogens is 1. The molecule has 2 aromatic rings. The summed E-state index contributed by atoms with van der Waals surface area (Å²) in [6.45, 7) is 2.14. The molecule has 0 saturated carbocycles. The van der Waals surface area contributed by atoms with Crippen molar-refractivity contribution in [2.24, 2.45) is 23.1 Å². The topological polar surface area (TPSA) is 427 Å². The molecular weight excluding hydrogens is 911 g/mol. The van der Waals surface area contributed by atoms with Crippen LogP contribution in [0.1, 0.15) is 45.1 Å². The van der Waals surface area contributed by atoms with Crippen molar-refractivity contribution in [1.29, 1.82) is 0 Å². The summed E-state index contributed by atoms with van der Waals surface area (Å²) < 4.78 is 0. The van der Waals surface area contributed by atoms with Crippen molar-refractivity contribution < 1.29 is 68.1 Å². The quantitative estimate of drug-likeness (QED) is 0.0340. The molecule has 0 saturated heterocycles. The number of nitrogens with two attached hydrogens (primary N) is 3. The van der Waals surface area contributed by atoms with Gasteiger partial charge in [-0.3, -0.25) is 47.9 Å². The van der Waals surface area contributed by atoms with Crippen LogP contribution in [0.5, 0.6) is 0 Å². The van der Waals surface area contributed by atoms with Crippen molar-refractivity contribution in [3.63, 3.8) is 0 Å². The zero-order valence-electron chi connectivity index (χ0n) is 36.2. The summed E-state index contributed by atoms with van der Waals surface area (Å²) in [6.07, 6.45) is 0.367. The Morgan fingerprint density at radius 2 is 1.14 bits per heavy atom. The number of rotatable bonds is 29. The average molecular weight is 968 g/mol. The number of benzene rings is 1. The molecule has 27 heteroatoms. The number of thioether (sulfide) groups is 1. The van der Waals surface area contributed by atoms with Gasteiger partial charge in [-0.25, -0.2) is 4.79 Å². The van der Waals surface area contributed by atoms with Crippen LogP contribution in [0.4, 0.5) is 0 Å². The Labute approximate surface area is 387 Å². The summed E-state index contributed by atoms with van der Waals surface area (Å²) in [5.41, 5.74) is 17.3. The van der Waals surface area contributed by atoms with Crippen LogP contribution in [0.3, 0.4) is 0 Å². The van der Waals surface area contributed by atoms with Gasteiger partial charge in [-0.1, -0.05) is 32.0 Å². The van der Waals surface area contributed by atoms with Gasteiger partial charge in [0.05, 0.1) is 25.9 Å². The van der Waals surface area contributed by atoms with Crippen molar-refractivity contribution in [2.75, 3.05) is 24.4 Å². The lowest BCUT2D eigenvalue weighted by atomic mass is 10.0. The van der Waals surface area contributed by atoms with Crippen molar-refractivity contribution in [1.82, 2.24) is 42.2 Å². The number of para-hydroxylation sites is 1. The molecule has 66 heavy (non-hydrogen) atoms. The van der Waals surface area contributed by atoms with Crippen LogP contribution in [0, 0.1) is 5.92 Å². The predicted octanol–water partition coefficient (Wildman–Crippen LogP) is -4.93. The Morgan fingerprint density at radius 3 is 1.64 bits per heavy atom. The molecule has 0 fully saturated rings. The number of aliphatic hydroxyl groups excluding tert-OH is 1. The number of carbonyl (C=O) groups excluding carboxylic acids is 9. The summed E-state index contributed by atoms with van der Waals surface area (Å²) in [4.78, 5) is 144. The van der Waals surface area contributed by atoms with Gasteiger partial charge < -0.3 is 74.7 Å². The molecule has 0 aliphatic heterocycles. The Balaban J connectivity index is 2.27. The maximum atomic E-state index is 13.8. The van der Waals surface area contributed by atoms with Gasteiger partial charge in [0, 0.05) is 29.3 Å². The minimum atomic E-state index is -1.98. The second-order valence-corrected chi connectivity index (χ2v) is 16.5. The first-order valence-electron chi connectivity index (χ1n) is 20.2. The normalized spacial score (nSPS) is 14.7. The van der Waals surface area contributed by atoms with Gasteiger partial charge in [-0.15, -0.1) is 0 Å². The van der Waals surface area contributed by atoms with E-state index in [-0.39, 0.29) is 18.6 Å². The number of aromatic amines is 1. The molecule has 0 aliphatic rings. The van der Waals surface area contributed by atoms with Crippen molar-refractivity contribution >= 4 is 100 Å². The minimum Gasteiger partial charge on any atom is -0.481 e. The summed E-state index contributed by atoms with van der Waals surface area (Å²) >= 11 is 5.49. The lowest BCUT2D eigenvalue weighted by Gasteiger charge is -2.28. The van der Waals surface area contributed by atoms with E-state index in [9.17, 15) is 63.0 Å². The van der Waals surface area contributed by atoms with Crippen LogP contribution in [-0.4, -0.2) is 158 Å². The van der Waals surface area contributed by atoms with Crippen molar-refractivity contribution in [3.8, 4) is 0 Å². The predicted molar refractivity (Wildman–Crippen MR) is 240 cm³/mol. The number of carboxylic acid groups (broad SMARTS) is 2. The Bertz CT molecular complexity index is 2100. The molecule has 0 unspecified atom stereocenters. The number of hydrogen-bond donors (Lipinski definition) is 15. The van der Waals surface area contributed by atoms with E-state index in [1.54, 1.807) is 36.7 Å². The number of amides is 9. The summed E-state index contributed by atoms with van der Waals surface area (Å²) in [5, 5.41) is 45.5. The Morgan fingerprint density at radius 1 is 0.667 bits per heavy atom. The lowest BCUT2D eigenvalue weighted by molar-refractivity contribution is -0.142. The average Bonchev–Trinajstić information content (AvgIpc) is 3.66. The zero-order valence-corrected chi connectivity index (χ0v) is 37.9. The van der Waals surface area contributed by atoms with Gasteiger partial charge in [0.15, 0.2) is 0 Å². The monoisotopic (exact) mass is 967 g/mol. The number of aromatic nitrogens is 1. The molecule has 1 aromatic carbocycles. The van der Waals surface area contributed by atoms with Crippen LogP contribution < -0.4 is 54.4 Å². The molecule has 0 bridgehead atoms. The van der Waals surface area contributed by atoms with E-state index in [1.165, 1.54) is 25.6 Å². The second kappa shape index (κ2) is 27.1. The highest BCUT2D eigenvalue weighted by atomic mass is 32.2. The first kappa shape index (κ1) is 55.7. The lowest BCUT2D eigenvalue weighted by Crippen LogP contribution is -2.61. The van der Waals surface area contributed by atoms with E-state index in [0.29, 0.717) is 11.3 Å². The van der Waals surface area contributed by atoms with Crippen LogP contribution in [0.15, 0.2) is 30.5 Å². The molecule has 1 heterocycles. The van der Waals surface area contributed by atoms with Gasteiger partial charge in [-0.05, 0) is 36.0 Å². The third-order valence-electron chi connectivity index (χ3n) is 9.64. The molecule has 25 nitrogen and oxygen atoms in total. The van der Waals surface area contributed by atoms with E-state index in [1.807, 2.05) is 0 Å². The van der Waals surface area contributed by atoms with Gasteiger partial charge in [0.1, 0.15) is 48.3 Å². The van der Waals surface area contributed by atoms with E-state index >= 15 is 0 Å². The van der Waals surface area contributed by atoms with E-state index in [4.69, 9.17) is 22.3 Å². The number of aliphatic carboxylic acids is 2. The molecule has 8 atom stereocenters. The summed E-state index contributed by atoms with van der Waals surface area (Å²) in [7, 11) is 0. The molecule has 1 aromatic heterocycles. The number of primary amides is 2. The summed E-state index contributed by atoms with van der Waals surface area (Å²) in [5.74, 6) is -13.6. The van der Waals surface area contributed by atoms with Crippen molar-refractivity contribution in [3.05, 3.63) is 36.0 Å². The third-order valence-corrected chi connectivity index (χ3v) is 10.7. The van der Waals surface area contributed by atoms with Crippen LogP contribution >= 0.6 is 24.4 Å². The first-order chi connectivity index (χ1) is 31.0. The number of carboxylic acids is 2. The van der Waals surface area contributed by atoms with E-state index in [2.05, 4.69) is 54.8 Å². The number of thiol groups is 1. The molecule has 9 amide bonds. The first-order valence-corrected chi connectivity index (χ1v) is 22.2. The summed E-state index contributed by atoms with van der Waals surface area (Å²) in [6, 6.07) is -5.68. The van der Waals surface area contributed by atoms with Gasteiger partial charge in [0.25, 0.3) is 0 Å². The van der Waals surface area contributed by atoms with Gasteiger partial charge >= 0.3 is 11.9 Å². The molecule has 2 rings (SSSR count). The van der Waals surface area contributed by atoms with Crippen LogP contribution in [0.2, 0.25) is 0 Å². The molecule has 364 valence electrons. The zero-order chi connectivity index (χ0) is 49.8. The third kappa shape index (κ3) is 17.8. The second-order valence-electron chi connectivity index (χ2n) is 15.2. The van der Waals surface area contributed by atoms with E-state index in [0.717, 1.165) is 10.9 Å². The fraction of sp³-hybridized carbons (Fsp3) is 0.513. The standard InChI is InChI=1S/C39H57N11O14S2/c1-17(2)31(50-36(60)25(13-30(54)55)47-35(59)24(12-29(42)53)46-34(58)23(11-28(41)52)45-32(56)20(40)15-51)38(62)44-22(8-9-66-3)33(57)49-27(16-65)37(61)48-26(39(63)64)10-18-14-43-21-7-5-4-6-19(18)21/h4-7,14,17,20,22-27,31,43,51,65H,8-13,15-16,40H2,1-3H3,(H2,41,52)(H2,42,53)(H,44,62)(H,45,56)(H,46,58)(H,47,59)(H,48,61)(H,49,57)(H,50,60)(H,54,55)(H,63,64)/t20-,22-,23-,24-,25-,26-,27-,31-/m0/s1. The highest BCUT2D eigenvalue weighted by Gasteiger charge is 2.36. The Hall–Kier alpha value is -6.45. The SMILES string of the molecule is CSCC[C@H](NC(=O)[C@@H](NC(=O)[C@H](CC(=O)O)NC(=O)[C@H](CC(N)=O)NC(=O)[C@H](CC(N)=O)NC(=O)[C@@H](N)CO)C(C)C)C(=O)N[C@@H](CS)C(=O)N[C@@H](Cc1c[nH]c2ccccc12)C(=O)O. The van der Waals surface area contributed by atoms with Crippen LogP contribution in [-0.2, 0) is 59.2 Å². The fourth-order valence-electron chi connectivity index (χ4n) is 6.13. The highest BCUT2D eigenvalue weighted by Crippen LogP contribution is 2.19. The van der Waals surface area contributed by atoms with Crippen LogP contribution in [0.25, 0.3) is 10.9 Å². The van der Waals surface area contributed by atoms with Gasteiger partial charge in [-0.2, -0.15) is 24.4 Å². The largest absolute Gasteiger partial charge is 0.481 e. The van der Waals surface area contributed by atoms with E-state index < -0.39 is 145 Å².